The van der Waals surface area contributed by atoms with Crippen molar-refractivity contribution in [2.45, 2.75) is 18.4 Å². The lowest BCUT2D eigenvalue weighted by atomic mass is 10.2. The third-order valence-corrected chi connectivity index (χ3v) is 8.88. The number of ether oxygens (including phenoxy) is 1. The number of rotatable bonds is 6. The van der Waals surface area contributed by atoms with Crippen molar-refractivity contribution in [1.29, 1.82) is 0 Å². The van der Waals surface area contributed by atoms with Crippen molar-refractivity contribution in [1.82, 2.24) is 23.8 Å². The minimum Gasteiger partial charge on any atom is -0.497 e. The Balaban J connectivity index is 1.28. The molecule has 0 bridgehead atoms. The second-order valence-electron chi connectivity index (χ2n) is 8.41. The number of nitrogens with zero attached hydrogens (tertiary/aromatic N) is 5. The normalized spacial score (nSPS) is 15.5. The fraction of sp³-hybridized carbons (Fsp3) is 0.292. The molecule has 2 aromatic carbocycles. The van der Waals surface area contributed by atoms with Crippen LogP contribution in [0.15, 0.2) is 64.3 Å². The van der Waals surface area contributed by atoms with Crippen molar-refractivity contribution in [2.24, 2.45) is 0 Å². The highest BCUT2D eigenvalue weighted by atomic mass is 32.2. The van der Waals surface area contributed by atoms with E-state index in [1.54, 1.807) is 31.4 Å². The Bertz CT molecular complexity index is 1500. The highest BCUT2D eigenvalue weighted by Gasteiger charge is 2.28. The van der Waals surface area contributed by atoms with Crippen molar-refractivity contribution in [3.8, 4) is 16.3 Å². The van der Waals surface area contributed by atoms with Gasteiger partial charge in [0.15, 0.2) is 0 Å². The Morgan fingerprint density at radius 2 is 1.69 bits per heavy atom. The molecule has 0 aliphatic carbocycles. The molecule has 0 radical (unpaired) electrons. The molecule has 3 heterocycles. The van der Waals surface area contributed by atoms with Gasteiger partial charge in [-0.3, -0.25) is 9.69 Å². The molecule has 35 heavy (non-hydrogen) atoms. The van der Waals surface area contributed by atoms with Crippen molar-refractivity contribution in [2.75, 3.05) is 33.3 Å². The zero-order valence-electron chi connectivity index (χ0n) is 19.4. The number of fused-ring (bicyclic) bond motifs is 1. The predicted molar refractivity (Wildman–Crippen MR) is 134 cm³/mol. The zero-order valence-corrected chi connectivity index (χ0v) is 21.1. The first-order chi connectivity index (χ1) is 16.8. The van der Waals surface area contributed by atoms with Gasteiger partial charge < -0.3 is 4.74 Å². The van der Waals surface area contributed by atoms with Gasteiger partial charge in [0.1, 0.15) is 10.8 Å². The van der Waals surface area contributed by atoms with Gasteiger partial charge in [-0.2, -0.15) is 13.9 Å². The maximum atomic E-state index is 13.0. The molecule has 0 saturated carbocycles. The van der Waals surface area contributed by atoms with Crippen LogP contribution in [0, 0.1) is 6.92 Å². The van der Waals surface area contributed by atoms with Crippen LogP contribution in [0.3, 0.4) is 0 Å². The third kappa shape index (κ3) is 4.85. The zero-order chi connectivity index (χ0) is 24.6. The second kappa shape index (κ2) is 9.50. The van der Waals surface area contributed by atoms with Crippen LogP contribution < -0.4 is 10.3 Å². The summed E-state index contributed by atoms with van der Waals surface area (Å²) in [5.74, 6) is 0.612. The Labute approximate surface area is 207 Å². The van der Waals surface area contributed by atoms with E-state index in [4.69, 9.17) is 4.74 Å². The van der Waals surface area contributed by atoms with Gasteiger partial charge in [0.05, 0.1) is 17.7 Å². The first-order valence-electron chi connectivity index (χ1n) is 11.2. The first kappa shape index (κ1) is 23.6. The van der Waals surface area contributed by atoms with Crippen LogP contribution >= 0.6 is 11.3 Å². The van der Waals surface area contributed by atoms with Gasteiger partial charge in [-0.05, 0) is 31.2 Å². The topological polar surface area (TPSA) is 97.1 Å². The van der Waals surface area contributed by atoms with E-state index in [0.717, 1.165) is 16.1 Å². The molecule has 1 saturated heterocycles. The third-order valence-electron chi connectivity index (χ3n) is 6.01. The average molecular weight is 512 g/mol. The fourth-order valence-electron chi connectivity index (χ4n) is 4.00. The monoisotopic (exact) mass is 511 g/mol. The van der Waals surface area contributed by atoms with Crippen LogP contribution in [-0.4, -0.2) is 65.5 Å². The van der Waals surface area contributed by atoms with Gasteiger partial charge in [0.25, 0.3) is 5.56 Å². The molecule has 1 fully saturated rings. The number of methoxy groups -OCH3 is 1. The number of benzene rings is 2. The lowest BCUT2D eigenvalue weighted by Gasteiger charge is -2.33. The van der Waals surface area contributed by atoms with Gasteiger partial charge >= 0.3 is 0 Å². The molecule has 2 aromatic heterocycles. The quantitative estimate of drug-likeness (QED) is 0.393. The molecule has 1 aliphatic heterocycles. The smallest absolute Gasteiger partial charge is 0.275 e. The Morgan fingerprint density at radius 3 is 2.34 bits per heavy atom. The summed E-state index contributed by atoms with van der Waals surface area (Å²) in [4.78, 5) is 20.2. The van der Waals surface area contributed by atoms with Gasteiger partial charge in [-0.25, -0.2) is 13.4 Å². The van der Waals surface area contributed by atoms with E-state index in [-0.39, 0.29) is 10.5 Å². The van der Waals surface area contributed by atoms with E-state index in [9.17, 15) is 13.2 Å². The van der Waals surface area contributed by atoms with Crippen molar-refractivity contribution >= 4 is 26.3 Å². The van der Waals surface area contributed by atoms with Gasteiger partial charge in [0.2, 0.25) is 15.0 Å². The summed E-state index contributed by atoms with van der Waals surface area (Å²) >= 11 is 1.38. The van der Waals surface area contributed by atoms with E-state index in [0.29, 0.717) is 49.1 Å². The summed E-state index contributed by atoms with van der Waals surface area (Å²) in [6, 6.07) is 15.9. The number of aryl methyl sites for hydroxylation is 1. The Hall–Kier alpha value is -3.12. The van der Waals surface area contributed by atoms with E-state index in [1.807, 2.05) is 31.2 Å². The standard InChI is InChI=1S/C24H25N5O4S2/c1-17-3-5-18(6-4-17)23-26-29-22(30)15-19(25-24(29)34-23)16-27-11-13-28(14-12-27)35(31,32)21-9-7-20(33-2)8-10-21/h3-10,15H,11-14,16H2,1-2H3. The number of hydrogen-bond donors (Lipinski definition) is 0. The summed E-state index contributed by atoms with van der Waals surface area (Å²) in [5, 5.41) is 5.18. The van der Waals surface area contributed by atoms with Crippen LogP contribution in [0.25, 0.3) is 15.5 Å². The highest BCUT2D eigenvalue weighted by Crippen LogP contribution is 2.25. The first-order valence-corrected chi connectivity index (χ1v) is 13.4. The molecule has 11 heteroatoms. The summed E-state index contributed by atoms with van der Waals surface area (Å²) in [7, 11) is -2.03. The van der Waals surface area contributed by atoms with Gasteiger partial charge in [-0.1, -0.05) is 41.2 Å². The van der Waals surface area contributed by atoms with Crippen LogP contribution in [0.4, 0.5) is 0 Å². The van der Waals surface area contributed by atoms with Crippen LogP contribution in [-0.2, 0) is 16.6 Å². The fourth-order valence-corrected chi connectivity index (χ4v) is 6.36. The summed E-state index contributed by atoms with van der Waals surface area (Å²) in [6.45, 7) is 4.33. The van der Waals surface area contributed by atoms with Crippen LogP contribution in [0.5, 0.6) is 5.75 Å². The van der Waals surface area contributed by atoms with Crippen molar-refractivity contribution in [3.63, 3.8) is 0 Å². The van der Waals surface area contributed by atoms with E-state index >= 15 is 0 Å². The minimum absolute atomic E-state index is 0.222. The SMILES string of the molecule is COc1ccc(S(=O)(=O)N2CCN(Cc3cc(=O)n4nc(-c5ccc(C)cc5)sc4n3)CC2)cc1. The predicted octanol–water partition coefficient (Wildman–Crippen LogP) is 2.64. The molecular formula is C24H25N5O4S2. The highest BCUT2D eigenvalue weighted by molar-refractivity contribution is 7.89. The largest absolute Gasteiger partial charge is 0.497 e. The molecule has 9 nitrogen and oxygen atoms in total. The van der Waals surface area contributed by atoms with Crippen LogP contribution in [0.1, 0.15) is 11.3 Å². The van der Waals surface area contributed by atoms with Gasteiger partial charge in [0, 0.05) is 44.4 Å². The maximum Gasteiger partial charge on any atom is 0.275 e. The van der Waals surface area contributed by atoms with E-state index < -0.39 is 10.0 Å². The van der Waals surface area contributed by atoms with E-state index in [1.165, 1.54) is 26.2 Å². The molecule has 0 N–H and O–H groups in total. The Morgan fingerprint density at radius 1 is 1.00 bits per heavy atom. The number of sulfonamides is 1. The minimum atomic E-state index is -3.57. The molecular weight excluding hydrogens is 486 g/mol. The molecule has 0 amide bonds. The van der Waals surface area contributed by atoms with E-state index in [2.05, 4.69) is 15.0 Å². The molecule has 4 aromatic rings. The lowest BCUT2D eigenvalue weighted by Crippen LogP contribution is -2.48. The van der Waals surface area contributed by atoms with Crippen LogP contribution in [0.2, 0.25) is 0 Å². The number of aromatic nitrogens is 3. The molecule has 0 unspecified atom stereocenters. The van der Waals surface area contributed by atoms with Gasteiger partial charge in [-0.15, -0.1) is 0 Å². The molecule has 182 valence electrons. The Kier molecular flexibility index (Phi) is 6.41. The summed E-state index contributed by atoms with van der Waals surface area (Å²) < 4.78 is 33.9. The molecule has 5 rings (SSSR count). The number of piperazine rings is 1. The maximum absolute atomic E-state index is 13.0. The summed E-state index contributed by atoms with van der Waals surface area (Å²) in [6.07, 6.45) is 0. The molecule has 1 aliphatic rings. The average Bonchev–Trinajstić information content (AvgIpc) is 3.30. The lowest BCUT2D eigenvalue weighted by molar-refractivity contribution is 0.180. The summed E-state index contributed by atoms with van der Waals surface area (Å²) in [5.41, 5.74) is 2.53. The number of hydrogen-bond acceptors (Lipinski definition) is 8. The van der Waals surface area contributed by atoms with Crippen molar-refractivity contribution in [3.05, 3.63) is 76.2 Å². The van der Waals surface area contributed by atoms with Crippen molar-refractivity contribution < 1.29 is 13.2 Å². The molecule has 0 atom stereocenters. The molecule has 0 spiro atoms. The second-order valence-corrected chi connectivity index (χ2v) is 11.3.